The molecule has 0 bridgehead atoms. The summed E-state index contributed by atoms with van der Waals surface area (Å²) in [6.45, 7) is 11.8. The molecule has 0 radical (unpaired) electrons. The molecule has 4 heteroatoms. The minimum Gasteiger partial charge on any atom is -0.481 e. The van der Waals surface area contributed by atoms with Crippen molar-refractivity contribution in [2.75, 3.05) is 6.61 Å². The van der Waals surface area contributed by atoms with E-state index in [4.69, 9.17) is 11.2 Å². The molecule has 1 aliphatic carbocycles. The van der Waals surface area contributed by atoms with Crippen LogP contribution in [0.1, 0.15) is 51.5 Å². The Balaban J connectivity index is 1.75. The van der Waals surface area contributed by atoms with Gasteiger partial charge in [-0.3, -0.25) is 4.79 Å². The molecule has 0 aliphatic heterocycles. The smallest absolute Gasteiger partial charge is 0.267 e. The summed E-state index contributed by atoms with van der Waals surface area (Å²) >= 11 is 0. The van der Waals surface area contributed by atoms with Gasteiger partial charge in [-0.05, 0) is 53.9 Å². The lowest BCUT2D eigenvalue weighted by Gasteiger charge is -2.49. The van der Waals surface area contributed by atoms with E-state index in [2.05, 4.69) is 50.8 Å². The number of carbonyl (C=O) groups excluding carboxylic acids is 1. The number of terminal acetylenes is 1. The number of hydrogen-bond acceptors (Lipinski definition) is 2. The Morgan fingerprint density at radius 1 is 1.33 bits per heavy atom. The van der Waals surface area contributed by atoms with Gasteiger partial charge < -0.3 is 15.0 Å². The number of hydrogen-bond donors (Lipinski definition) is 2. The third-order valence-corrected chi connectivity index (χ3v) is 6.95. The maximum atomic E-state index is 12.9. The zero-order chi connectivity index (χ0) is 19.8. The number of aromatic amines is 1. The third-order valence-electron chi connectivity index (χ3n) is 6.95. The van der Waals surface area contributed by atoms with Crippen molar-refractivity contribution in [2.45, 2.75) is 47.1 Å². The van der Waals surface area contributed by atoms with E-state index >= 15 is 0 Å². The van der Waals surface area contributed by atoms with Crippen LogP contribution in [0, 0.1) is 35.5 Å². The summed E-state index contributed by atoms with van der Waals surface area (Å²) in [5.41, 5.74) is 1.78. The fourth-order valence-electron chi connectivity index (χ4n) is 4.26. The van der Waals surface area contributed by atoms with Gasteiger partial charge in [0.2, 0.25) is 0 Å². The molecule has 1 amide bonds. The van der Waals surface area contributed by atoms with Crippen molar-refractivity contribution in [3.05, 3.63) is 30.0 Å². The minimum atomic E-state index is -0.0479. The molecule has 3 rings (SSSR count). The zero-order valence-electron chi connectivity index (χ0n) is 16.9. The Hall–Kier alpha value is -2.41. The SMILES string of the molecule is C#CCOc1ccc2[nH]c(C(=O)NC3C[C@@H](C)C(C)(C)[C@@H](C)[C@@H]3C)cc2c1. The number of rotatable bonds is 4. The van der Waals surface area contributed by atoms with E-state index in [-0.39, 0.29) is 24.0 Å². The van der Waals surface area contributed by atoms with Gasteiger partial charge in [-0.1, -0.05) is 40.5 Å². The predicted molar refractivity (Wildman–Crippen MR) is 110 cm³/mol. The highest BCUT2D eigenvalue weighted by Gasteiger charge is 2.44. The van der Waals surface area contributed by atoms with Gasteiger partial charge in [-0.15, -0.1) is 6.42 Å². The quantitative estimate of drug-likeness (QED) is 0.776. The highest BCUT2D eigenvalue weighted by atomic mass is 16.5. The second kappa shape index (κ2) is 7.31. The lowest BCUT2D eigenvalue weighted by molar-refractivity contribution is 0.0155. The van der Waals surface area contributed by atoms with Gasteiger partial charge in [0.15, 0.2) is 0 Å². The Labute approximate surface area is 162 Å². The number of fused-ring (bicyclic) bond motifs is 1. The Morgan fingerprint density at radius 3 is 2.78 bits per heavy atom. The molecular formula is C23H30N2O2. The van der Waals surface area contributed by atoms with Crippen LogP contribution in [0.2, 0.25) is 0 Å². The number of amides is 1. The number of benzene rings is 1. The van der Waals surface area contributed by atoms with Gasteiger partial charge in [0.1, 0.15) is 18.1 Å². The average molecular weight is 367 g/mol. The van der Waals surface area contributed by atoms with Gasteiger partial charge in [-0.25, -0.2) is 0 Å². The van der Waals surface area contributed by atoms with E-state index in [1.54, 1.807) is 0 Å². The van der Waals surface area contributed by atoms with Crippen LogP contribution in [0.15, 0.2) is 24.3 Å². The molecule has 1 saturated carbocycles. The highest BCUT2D eigenvalue weighted by Crippen LogP contribution is 2.47. The second-order valence-corrected chi connectivity index (χ2v) is 8.61. The molecule has 1 aliphatic rings. The van der Waals surface area contributed by atoms with Crippen molar-refractivity contribution in [1.29, 1.82) is 0 Å². The van der Waals surface area contributed by atoms with Crippen molar-refractivity contribution in [3.63, 3.8) is 0 Å². The van der Waals surface area contributed by atoms with E-state index in [0.29, 0.717) is 29.2 Å². The summed E-state index contributed by atoms with van der Waals surface area (Å²) in [4.78, 5) is 16.1. The molecule has 0 saturated heterocycles. The van der Waals surface area contributed by atoms with E-state index < -0.39 is 0 Å². The molecule has 1 aromatic heterocycles. The summed E-state index contributed by atoms with van der Waals surface area (Å²) in [5.74, 6) is 4.66. The van der Waals surface area contributed by atoms with Gasteiger partial charge in [0.05, 0.1) is 0 Å². The molecule has 1 fully saturated rings. The molecule has 2 N–H and O–H groups in total. The van der Waals surface area contributed by atoms with Crippen LogP contribution in [0.4, 0.5) is 0 Å². The van der Waals surface area contributed by atoms with Crippen molar-refractivity contribution in [2.24, 2.45) is 23.2 Å². The molecule has 2 aromatic rings. The zero-order valence-corrected chi connectivity index (χ0v) is 16.9. The van der Waals surface area contributed by atoms with Crippen molar-refractivity contribution >= 4 is 16.8 Å². The van der Waals surface area contributed by atoms with Crippen molar-refractivity contribution in [3.8, 4) is 18.1 Å². The van der Waals surface area contributed by atoms with Crippen molar-refractivity contribution in [1.82, 2.24) is 10.3 Å². The minimum absolute atomic E-state index is 0.0479. The monoisotopic (exact) mass is 366 g/mol. The summed E-state index contributed by atoms with van der Waals surface area (Å²) in [7, 11) is 0. The highest BCUT2D eigenvalue weighted by molar-refractivity contribution is 5.98. The molecule has 1 unspecified atom stereocenters. The molecule has 1 aromatic carbocycles. The number of nitrogens with one attached hydrogen (secondary N) is 2. The van der Waals surface area contributed by atoms with Gasteiger partial charge in [0.25, 0.3) is 5.91 Å². The van der Waals surface area contributed by atoms with Crippen LogP contribution in [0.5, 0.6) is 5.75 Å². The van der Waals surface area contributed by atoms with E-state index in [1.165, 1.54) is 0 Å². The Bertz CT molecular complexity index is 874. The molecule has 4 nitrogen and oxygen atoms in total. The molecule has 1 heterocycles. The number of carbonyl (C=O) groups is 1. The van der Waals surface area contributed by atoms with Crippen LogP contribution in [-0.4, -0.2) is 23.5 Å². The Morgan fingerprint density at radius 2 is 2.07 bits per heavy atom. The summed E-state index contributed by atoms with van der Waals surface area (Å²) in [6.07, 6.45) is 6.24. The van der Waals surface area contributed by atoms with Gasteiger partial charge in [-0.2, -0.15) is 0 Å². The normalized spacial score (nSPS) is 27.1. The van der Waals surface area contributed by atoms with Crippen LogP contribution >= 0.6 is 0 Å². The lowest BCUT2D eigenvalue weighted by atomic mass is 9.58. The molecule has 144 valence electrons. The van der Waals surface area contributed by atoms with Gasteiger partial charge in [0, 0.05) is 16.9 Å². The first-order chi connectivity index (χ1) is 12.7. The topological polar surface area (TPSA) is 54.1 Å². The van der Waals surface area contributed by atoms with Crippen molar-refractivity contribution < 1.29 is 9.53 Å². The first kappa shape index (κ1) is 19.4. The standard InChI is InChI=1S/C23H30N2O2/c1-7-10-27-18-8-9-19-17(12-18)13-21(24-19)22(26)25-20-11-14(2)23(5,6)16(4)15(20)3/h1,8-9,12-16,20,24H,10-11H2,2-6H3,(H,25,26)/t14-,15+,16+,20?/m1/s1. The first-order valence-electron chi connectivity index (χ1n) is 9.74. The summed E-state index contributed by atoms with van der Waals surface area (Å²) in [6, 6.07) is 7.73. The lowest BCUT2D eigenvalue weighted by Crippen LogP contribution is -2.52. The maximum Gasteiger partial charge on any atom is 0.267 e. The number of H-pyrrole nitrogens is 1. The fourth-order valence-corrected chi connectivity index (χ4v) is 4.26. The average Bonchev–Trinajstić information content (AvgIpc) is 3.06. The molecule has 4 atom stereocenters. The Kier molecular flexibility index (Phi) is 5.24. The molecular weight excluding hydrogens is 336 g/mol. The number of aromatic nitrogens is 1. The maximum absolute atomic E-state index is 12.9. The van der Waals surface area contributed by atoms with Crippen LogP contribution in [0.3, 0.4) is 0 Å². The molecule has 27 heavy (non-hydrogen) atoms. The fraction of sp³-hybridized carbons (Fsp3) is 0.522. The van der Waals surface area contributed by atoms with Crippen LogP contribution < -0.4 is 10.1 Å². The van der Waals surface area contributed by atoms with E-state index in [1.807, 2.05) is 24.3 Å². The first-order valence-corrected chi connectivity index (χ1v) is 9.74. The summed E-state index contributed by atoms with van der Waals surface area (Å²) in [5, 5.41) is 4.20. The van der Waals surface area contributed by atoms with E-state index in [9.17, 15) is 4.79 Å². The predicted octanol–water partition coefficient (Wildman–Crippen LogP) is 4.62. The number of ether oxygens (including phenoxy) is 1. The molecule has 0 spiro atoms. The second-order valence-electron chi connectivity index (χ2n) is 8.61. The van der Waals surface area contributed by atoms with E-state index in [0.717, 1.165) is 17.3 Å². The summed E-state index contributed by atoms with van der Waals surface area (Å²) < 4.78 is 5.46. The van der Waals surface area contributed by atoms with Crippen LogP contribution in [0.25, 0.3) is 10.9 Å². The van der Waals surface area contributed by atoms with Gasteiger partial charge >= 0.3 is 0 Å². The third kappa shape index (κ3) is 3.69. The van der Waals surface area contributed by atoms with Crippen LogP contribution in [-0.2, 0) is 0 Å². The largest absolute Gasteiger partial charge is 0.481 e.